The van der Waals surface area contributed by atoms with Crippen molar-refractivity contribution in [2.75, 3.05) is 12.8 Å². The molecule has 44 heavy (non-hydrogen) atoms. The van der Waals surface area contributed by atoms with Gasteiger partial charge >= 0.3 is 0 Å². The van der Waals surface area contributed by atoms with Gasteiger partial charge in [0.25, 0.3) is 5.91 Å². The zero-order valence-corrected chi connectivity index (χ0v) is 25.6. The van der Waals surface area contributed by atoms with Gasteiger partial charge in [0.2, 0.25) is 0 Å². The van der Waals surface area contributed by atoms with Crippen LogP contribution in [0.3, 0.4) is 0 Å². The van der Waals surface area contributed by atoms with Crippen LogP contribution >= 0.6 is 0 Å². The number of allylic oxidation sites excluding steroid dienone is 1. The average Bonchev–Trinajstić information content (AvgIpc) is 3.38. The minimum absolute atomic E-state index is 0.0797. The number of nitrogens with two attached hydrogens (primary N) is 1. The third-order valence-corrected chi connectivity index (χ3v) is 8.90. The van der Waals surface area contributed by atoms with Gasteiger partial charge in [0.05, 0.1) is 24.3 Å². The maximum atomic E-state index is 13.2. The van der Waals surface area contributed by atoms with Gasteiger partial charge in [0.1, 0.15) is 5.82 Å². The molecule has 230 valence electrons. The van der Waals surface area contributed by atoms with Gasteiger partial charge in [0, 0.05) is 42.5 Å². The fourth-order valence-corrected chi connectivity index (χ4v) is 6.33. The number of nitrogens with one attached hydrogen (secondary N) is 4. The van der Waals surface area contributed by atoms with Crippen LogP contribution in [0.5, 0.6) is 0 Å². The number of nitrogen functional groups attached to an aromatic ring is 1. The predicted octanol–water partition coefficient (Wildman–Crippen LogP) is 6.55. The Bertz CT molecular complexity index is 1480. The normalized spacial score (nSPS) is 20.6. The van der Waals surface area contributed by atoms with Gasteiger partial charge in [-0.1, -0.05) is 48.5 Å². The molecule has 8 heteroatoms. The fraction of sp³-hybridized carbons (Fsp3) is 0.389. The molecule has 1 aromatic heterocycles. The highest BCUT2D eigenvalue weighted by molar-refractivity contribution is 6.09. The summed E-state index contributed by atoms with van der Waals surface area (Å²) in [6, 6.07) is 19.0. The van der Waals surface area contributed by atoms with E-state index in [1.807, 2.05) is 0 Å². The molecule has 5 rings (SSSR count). The molecule has 0 saturated heterocycles. The van der Waals surface area contributed by atoms with Crippen LogP contribution in [0, 0.1) is 16.7 Å². The highest BCUT2D eigenvalue weighted by atomic mass is 16.5. The van der Waals surface area contributed by atoms with Crippen LogP contribution in [0.4, 0.5) is 5.82 Å². The number of anilines is 1. The topological polar surface area (TPSA) is 137 Å². The molecule has 3 aromatic rings. The van der Waals surface area contributed by atoms with E-state index in [9.17, 15) is 4.79 Å². The Balaban J connectivity index is 1.14. The minimum Gasteiger partial charge on any atom is -0.393 e. The molecular formula is C36H44N6O2. The van der Waals surface area contributed by atoms with Gasteiger partial charge in [-0.25, -0.2) is 4.98 Å². The van der Waals surface area contributed by atoms with Crippen LogP contribution in [0.15, 0.2) is 67.0 Å². The molecule has 2 aromatic carbocycles. The van der Waals surface area contributed by atoms with Gasteiger partial charge in [-0.3, -0.25) is 4.79 Å². The summed E-state index contributed by atoms with van der Waals surface area (Å²) in [5.74, 6) is 0.562. The van der Waals surface area contributed by atoms with E-state index in [0.717, 1.165) is 62.6 Å². The number of pyridine rings is 1. The van der Waals surface area contributed by atoms with Crippen molar-refractivity contribution in [3.8, 4) is 11.1 Å². The molecule has 6 N–H and O–H groups in total. The van der Waals surface area contributed by atoms with Crippen LogP contribution in [0.25, 0.3) is 16.7 Å². The highest BCUT2D eigenvalue weighted by Crippen LogP contribution is 2.28. The monoisotopic (exact) mass is 592 g/mol. The van der Waals surface area contributed by atoms with Crippen molar-refractivity contribution in [3.05, 3.63) is 89.2 Å². The van der Waals surface area contributed by atoms with Gasteiger partial charge in [-0.05, 0) is 92.0 Å². The second-order valence-electron chi connectivity index (χ2n) is 12.0. The second kappa shape index (κ2) is 14.9. The van der Waals surface area contributed by atoms with E-state index in [1.165, 1.54) is 29.3 Å². The molecule has 1 unspecified atom stereocenters. The second-order valence-corrected chi connectivity index (χ2v) is 12.0. The van der Waals surface area contributed by atoms with Crippen molar-refractivity contribution in [2.24, 2.45) is 5.92 Å². The molecule has 8 nitrogen and oxygen atoms in total. The number of hydrogen-bond acceptors (Lipinski definition) is 7. The summed E-state index contributed by atoms with van der Waals surface area (Å²) < 4.78 is 6.31. The lowest BCUT2D eigenvalue weighted by atomic mass is 9.91. The molecule has 1 heterocycles. The number of rotatable bonds is 11. The third kappa shape index (κ3) is 7.99. The molecule has 2 aliphatic carbocycles. The third-order valence-electron chi connectivity index (χ3n) is 8.90. The number of hydrogen-bond donors (Lipinski definition) is 5. The minimum atomic E-state index is -0.281. The van der Waals surface area contributed by atoms with Crippen LogP contribution in [0.1, 0.15) is 78.4 Å². The smallest absolute Gasteiger partial charge is 0.255 e. The van der Waals surface area contributed by atoms with E-state index < -0.39 is 0 Å². The van der Waals surface area contributed by atoms with Crippen molar-refractivity contribution < 1.29 is 9.53 Å². The summed E-state index contributed by atoms with van der Waals surface area (Å²) in [5.41, 5.74) is 13.4. The lowest BCUT2D eigenvalue weighted by Crippen LogP contribution is -2.41. The molecule has 0 spiro atoms. The van der Waals surface area contributed by atoms with Crippen molar-refractivity contribution in [1.29, 1.82) is 10.8 Å². The Kier molecular flexibility index (Phi) is 10.6. The molecular weight excluding hydrogens is 548 g/mol. The molecule has 2 aliphatic rings. The largest absolute Gasteiger partial charge is 0.393 e. The lowest BCUT2D eigenvalue weighted by molar-refractivity contribution is 0.0272. The summed E-state index contributed by atoms with van der Waals surface area (Å²) >= 11 is 0. The van der Waals surface area contributed by atoms with Crippen molar-refractivity contribution >= 4 is 29.2 Å². The van der Waals surface area contributed by atoms with Crippen LogP contribution in [0.2, 0.25) is 0 Å². The number of amides is 1. The first-order valence-electron chi connectivity index (χ1n) is 15.7. The number of ether oxygens (including phenoxy) is 1. The van der Waals surface area contributed by atoms with Gasteiger partial charge < -0.3 is 31.9 Å². The molecule has 0 bridgehead atoms. The van der Waals surface area contributed by atoms with E-state index in [4.69, 9.17) is 21.3 Å². The first kappa shape index (κ1) is 31.1. The van der Waals surface area contributed by atoms with Crippen molar-refractivity contribution in [2.45, 2.75) is 76.5 Å². The number of carbonyl (C=O) groups excluding carboxylic acids is 1. The summed E-state index contributed by atoms with van der Waals surface area (Å²) in [7, 11) is 1.75. The zero-order valence-electron chi connectivity index (χ0n) is 25.6. The molecule has 2 saturated carbocycles. The first-order valence-corrected chi connectivity index (χ1v) is 15.7. The van der Waals surface area contributed by atoms with Crippen LogP contribution < -0.4 is 16.4 Å². The Hall–Kier alpha value is -4.30. The molecule has 2 fully saturated rings. The van der Waals surface area contributed by atoms with Crippen molar-refractivity contribution in [3.63, 3.8) is 0 Å². The predicted molar refractivity (Wildman–Crippen MR) is 178 cm³/mol. The maximum absolute atomic E-state index is 13.2. The first-order chi connectivity index (χ1) is 21.4. The Morgan fingerprint density at radius 3 is 2.43 bits per heavy atom. The number of aromatic nitrogens is 1. The fourth-order valence-electron chi connectivity index (χ4n) is 6.33. The van der Waals surface area contributed by atoms with Crippen molar-refractivity contribution in [1.82, 2.24) is 15.6 Å². The number of carbonyl (C=O) groups is 1. The summed E-state index contributed by atoms with van der Waals surface area (Å²) in [6.45, 7) is 0.478. The quantitative estimate of drug-likeness (QED) is 0.127. The summed E-state index contributed by atoms with van der Waals surface area (Å²) in [4.78, 5) is 17.4. The Morgan fingerprint density at radius 1 is 1.00 bits per heavy atom. The summed E-state index contributed by atoms with van der Waals surface area (Å²) in [6.07, 6.45) is 13.6. The van der Waals surface area contributed by atoms with E-state index in [1.54, 1.807) is 25.5 Å². The molecule has 3 atom stereocenters. The highest BCUT2D eigenvalue weighted by Gasteiger charge is 2.30. The zero-order chi connectivity index (χ0) is 30.9. The average molecular weight is 593 g/mol. The molecule has 0 aliphatic heterocycles. The van der Waals surface area contributed by atoms with E-state index in [2.05, 4.69) is 64.1 Å². The lowest BCUT2D eigenvalue weighted by Gasteiger charge is -2.22. The molecule has 1 amide bonds. The number of nitrogens with zero attached hydrogens (tertiary/aromatic N) is 1. The van der Waals surface area contributed by atoms with Crippen LogP contribution in [-0.4, -0.2) is 42.0 Å². The van der Waals surface area contributed by atoms with E-state index in [0.29, 0.717) is 29.2 Å². The van der Waals surface area contributed by atoms with E-state index in [-0.39, 0.29) is 23.9 Å². The van der Waals surface area contributed by atoms with Crippen LogP contribution in [-0.2, 0) is 17.8 Å². The summed E-state index contributed by atoms with van der Waals surface area (Å²) in [5, 5.41) is 21.7. The van der Waals surface area contributed by atoms with Gasteiger partial charge in [0.15, 0.2) is 0 Å². The SMILES string of the molecule is CN/C=C(\C=N)c1cnc(N)c(C(=O)N[C@H]2CCC[C@@H]2OCc2ccc(-c3ccc(CC4CCCC(=N)CC4)cc3)cc2)c1. The van der Waals surface area contributed by atoms with Gasteiger partial charge in [-0.15, -0.1) is 0 Å². The maximum Gasteiger partial charge on any atom is 0.255 e. The van der Waals surface area contributed by atoms with E-state index >= 15 is 0 Å². The molecule has 0 radical (unpaired) electrons. The number of benzene rings is 2. The van der Waals surface area contributed by atoms with Gasteiger partial charge in [-0.2, -0.15) is 0 Å². The Labute approximate surface area is 260 Å². The Morgan fingerprint density at radius 2 is 1.73 bits per heavy atom. The standard InChI is InChI=1S/C36H44N6O2/c1-40-21-30(20-37)29-19-32(35(39)41-22-29)36(43)42-33-6-3-7-34(33)44-23-26-10-15-28(16-11-26)27-13-8-25(9-14-27)18-24-4-2-5-31(38)17-12-24/h8-11,13-16,19-22,24,33-34,37-38,40H,2-7,12,17-18,23H2,1H3,(H2,39,41)(H,42,43)/b30-21+,37-20?,38-31?/t24?,33-,34-/m0/s1.